The molecule has 4 aliphatic rings. The fraction of sp³-hybridized carbons (Fsp3) is 0.714. The third-order valence-corrected chi connectivity index (χ3v) is 4.34. The topological polar surface area (TPSA) is 0 Å². The molecular weight excluding hydrogens is 168 g/mol. The summed E-state index contributed by atoms with van der Waals surface area (Å²) in [5.74, 6) is 3.96. The van der Waals surface area contributed by atoms with E-state index in [1.165, 1.54) is 38.5 Å². The van der Waals surface area contributed by atoms with Crippen molar-refractivity contribution < 1.29 is 0 Å². The van der Waals surface area contributed by atoms with Gasteiger partial charge in [-0.1, -0.05) is 24.3 Å². The second kappa shape index (κ2) is 3.56. The van der Waals surface area contributed by atoms with Gasteiger partial charge in [0, 0.05) is 0 Å². The highest BCUT2D eigenvalue weighted by Gasteiger charge is 2.25. The molecule has 0 heteroatoms. The molecule has 4 rings (SSSR count). The van der Waals surface area contributed by atoms with Gasteiger partial charge in [0.2, 0.25) is 0 Å². The van der Waals surface area contributed by atoms with Crippen molar-refractivity contribution in [2.45, 2.75) is 38.5 Å². The van der Waals surface area contributed by atoms with Crippen LogP contribution in [0.15, 0.2) is 24.3 Å². The molecule has 0 spiro atoms. The first-order chi connectivity index (χ1) is 6.90. The second-order valence-electron chi connectivity index (χ2n) is 5.44. The van der Waals surface area contributed by atoms with Gasteiger partial charge < -0.3 is 0 Å². The molecule has 2 fully saturated rings. The summed E-state index contributed by atoms with van der Waals surface area (Å²) in [6.45, 7) is 0. The fourth-order valence-corrected chi connectivity index (χ4v) is 3.43. The van der Waals surface area contributed by atoms with E-state index in [4.69, 9.17) is 0 Å². The zero-order valence-electron chi connectivity index (χ0n) is 8.86. The Morgan fingerprint density at radius 3 is 0.857 bits per heavy atom. The quantitative estimate of drug-likeness (QED) is 0.505. The van der Waals surface area contributed by atoms with Crippen molar-refractivity contribution in [1.29, 1.82) is 0 Å². The standard InChI is InChI=1S/2C7H10/c2*1-2-7-4-3-6(1)5-7/h2*1-2,6-7H,3-5H2. The lowest BCUT2D eigenvalue weighted by atomic mass is 10.1. The molecule has 76 valence electrons. The average molecular weight is 188 g/mol. The highest BCUT2D eigenvalue weighted by atomic mass is 14.3. The molecule has 0 aromatic carbocycles. The van der Waals surface area contributed by atoms with Gasteiger partial charge in [-0.25, -0.2) is 0 Å². The summed E-state index contributed by atoms with van der Waals surface area (Å²) in [7, 11) is 0. The highest BCUT2D eigenvalue weighted by molar-refractivity contribution is 5.07. The van der Waals surface area contributed by atoms with Gasteiger partial charge in [-0.05, 0) is 62.2 Å². The van der Waals surface area contributed by atoms with Gasteiger partial charge in [-0.15, -0.1) is 0 Å². The second-order valence-corrected chi connectivity index (χ2v) is 5.44. The Balaban J connectivity index is 0.0000000914. The number of fused-ring (bicyclic) bond motifs is 4. The molecule has 0 nitrogen and oxygen atoms in total. The SMILES string of the molecule is C1=CC2CCC1C2.C1=CC2CCC1C2. The van der Waals surface area contributed by atoms with E-state index in [1.807, 2.05) is 0 Å². The Bertz CT molecular complexity index is 209. The van der Waals surface area contributed by atoms with E-state index < -0.39 is 0 Å². The minimum atomic E-state index is 0.991. The molecule has 4 bridgehead atoms. The van der Waals surface area contributed by atoms with E-state index in [9.17, 15) is 0 Å². The van der Waals surface area contributed by atoms with Gasteiger partial charge in [-0.3, -0.25) is 0 Å². The summed E-state index contributed by atoms with van der Waals surface area (Å²) < 4.78 is 0. The zero-order valence-corrected chi connectivity index (χ0v) is 8.86. The Morgan fingerprint density at radius 1 is 0.500 bits per heavy atom. The van der Waals surface area contributed by atoms with Gasteiger partial charge in [-0.2, -0.15) is 0 Å². The molecule has 0 heterocycles. The van der Waals surface area contributed by atoms with E-state index in [2.05, 4.69) is 24.3 Å². The summed E-state index contributed by atoms with van der Waals surface area (Å²) in [5.41, 5.74) is 0. The molecule has 14 heavy (non-hydrogen) atoms. The molecule has 0 aromatic heterocycles. The van der Waals surface area contributed by atoms with Crippen LogP contribution in [-0.4, -0.2) is 0 Å². The maximum Gasteiger partial charge on any atom is -0.0228 e. The van der Waals surface area contributed by atoms with Gasteiger partial charge in [0.1, 0.15) is 0 Å². The molecule has 0 aliphatic heterocycles. The molecule has 2 saturated carbocycles. The monoisotopic (exact) mass is 188 g/mol. The molecule has 0 aromatic rings. The van der Waals surface area contributed by atoms with E-state index in [1.54, 1.807) is 0 Å². The minimum Gasteiger partial charge on any atom is -0.0851 e. The average Bonchev–Trinajstić information content (AvgIpc) is 3.01. The number of hydrogen-bond acceptors (Lipinski definition) is 0. The van der Waals surface area contributed by atoms with E-state index in [0.717, 1.165) is 23.7 Å². The van der Waals surface area contributed by atoms with Crippen molar-refractivity contribution in [3.63, 3.8) is 0 Å². The van der Waals surface area contributed by atoms with Crippen LogP contribution >= 0.6 is 0 Å². The summed E-state index contributed by atoms with van der Waals surface area (Å²) in [4.78, 5) is 0. The largest absolute Gasteiger partial charge is 0.0851 e. The molecule has 0 radical (unpaired) electrons. The van der Waals surface area contributed by atoms with E-state index >= 15 is 0 Å². The van der Waals surface area contributed by atoms with Crippen molar-refractivity contribution in [3.8, 4) is 0 Å². The molecule has 4 aliphatic carbocycles. The Hall–Kier alpha value is -0.520. The molecule has 0 amide bonds. The van der Waals surface area contributed by atoms with E-state index in [-0.39, 0.29) is 0 Å². The van der Waals surface area contributed by atoms with Crippen molar-refractivity contribution in [3.05, 3.63) is 24.3 Å². The third kappa shape index (κ3) is 1.67. The predicted octanol–water partition coefficient (Wildman–Crippen LogP) is 3.95. The zero-order chi connectivity index (χ0) is 9.38. The first-order valence-electron chi connectivity index (χ1n) is 6.27. The highest BCUT2D eigenvalue weighted by Crippen LogP contribution is 2.38. The van der Waals surface area contributed by atoms with Crippen LogP contribution in [0.2, 0.25) is 0 Å². The number of allylic oxidation sites excluding steroid dienone is 4. The van der Waals surface area contributed by atoms with E-state index in [0.29, 0.717) is 0 Å². The summed E-state index contributed by atoms with van der Waals surface area (Å²) in [5, 5.41) is 0. The lowest BCUT2D eigenvalue weighted by Gasteiger charge is -1.96. The maximum atomic E-state index is 2.38. The van der Waals surface area contributed by atoms with Gasteiger partial charge in [0.15, 0.2) is 0 Å². The Labute approximate surface area is 87.1 Å². The van der Waals surface area contributed by atoms with Gasteiger partial charge in [0.05, 0.1) is 0 Å². The van der Waals surface area contributed by atoms with Gasteiger partial charge in [0.25, 0.3) is 0 Å². The number of hydrogen-bond donors (Lipinski definition) is 0. The maximum absolute atomic E-state index is 2.38. The van der Waals surface area contributed by atoms with Crippen molar-refractivity contribution in [2.75, 3.05) is 0 Å². The molecule has 0 saturated heterocycles. The predicted molar refractivity (Wildman–Crippen MR) is 59.9 cm³/mol. The van der Waals surface area contributed by atoms with Crippen molar-refractivity contribution >= 4 is 0 Å². The van der Waals surface area contributed by atoms with Gasteiger partial charge >= 0.3 is 0 Å². The fourth-order valence-electron chi connectivity index (χ4n) is 3.43. The molecule has 4 atom stereocenters. The van der Waals surface area contributed by atoms with Crippen LogP contribution < -0.4 is 0 Å². The molecule has 0 N–H and O–H groups in total. The lowest BCUT2D eigenvalue weighted by Crippen LogP contribution is -1.82. The normalized spacial score (nSPS) is 45.7. The van der Waals surface area contributed by atoms with Crippen LogP contribution in [0.25, 0.3) is 0 Å². The first-order valence-corrected chi connectivity index (χ1v) is 6.27. The summed E-state index contributed by atoms with van der Waals surface area (Å²) >= 11 is 0. The minimum absolute atomic E-state index is 0.991. The van der Waals surface area contributed by atoms with Crippen LogP contribution in [-0.2, 0) is 0 Å². The van der Waals surface area contributed by atoms with Crippen LogP contribution in [0.3, 0.4) is 0 Å². The molecule has 4 unspecified atom stereocenters. The Kier molecular flexibility index (Phi) is 2.23. The van der Waals surface area contributed by atoms with Crippen molar-refractivity contribution in [1.82, 2.24) is 0 Å². The first kappa shape index (κ1) is 8.76. The Morgan fingerprint density at radius 2 is 0.786 bits per heavy atom. The smallest absolute Gasteiger partial charge is 0.0228 e. The van der Waals surface area contributed by atoms with Crippen LogP contribution in [0.5, 0.6) is 0 Å². The molecular formula is C14H20. The summed E-state index contributed by atoms with van der Waals surface area (Å²) in [6, 6.07) is 0. The number of rotatable bonds is 0. The third-order valence-electron chi connectivity index (χ3n) is 4.34. The lowest BCUT2D eigenvalue weighted by molar-refractivity contribution is 0.691. The van der Waals surface area contributed by atoms with Crippen molar-refractivity contribution in [2.24, 2.45) is 23.7 Å². The summed E-state index contributed by atoms with van der Waals surface area (Å²) in [6.07, 6.45) is 18.4. The van der Waals surface area contributed by atoms with Crippen LogP contribution in [0.1, 0.15) is 38.5 Å². The van der Waals surface area contributed by atoms with Crippen LogP contribution in [0, 0.1) is 23.7 Å². The van der Waals surface area contributed by atoms with Crippen LogP contribution in [0.4, 0.5) is 0 Å².